The number of methoxy groups -OCH3 is 1. The van der Waals surface area contributed by atoms with Gasteiger partial charge in [-0.3, -0.25) is 0 Å². The lowest BCUT2D eigenvalue weighted by Gasteiger charge is -2.13. The van der Waals surface area contributed by atoms with Gasteiger partial charge in [-0.1, -0.05) is 12.1 Å². The quantitative estimate of drug-likeness (QED) is 0.822. The van der Waals surface area contributed by atoms with Crippen LogP contribution in [0, 0.1) is 13.8 Å². The summed E-state index contributed by atoms with van der Waals surface area (Å²) in [4.78, 5) is 0. The van der Waals surface area contributed by atoms with Crippen LogP contribution in [0.15, 0.2) is 36.4 Å². The molecule has 0 heterocycles. The number of nitrogens with one attached hydrogen (secondary N) is 1. The van der Waals surface area contributed by atoms with E-state index < -0.39 is 0 Å². The molecule has 0 aromatic heterocycles. The van der Waals surface area contributed by atoms with Gasteiger partial charge in [-0.15, -0.1) is 0 Å². The second kappa shape index (κ2) is 5.65. The van der Waals surface area contributed by atoms with E-state index in [0.717, 1.165) is 29.1 Å². The van der Waals surface area contributed by atoms with Crippen molar-refractivity contribution in [2.24, 2.45) is 0 Å². The molecule has 0 saturated heterocycles. The maximum absolute atomic E-state index is 9.52. The van der Waals surface area contributed by atoms with E-state index in [2.05, 4.69) is 5.32 Å². The summed E-state index contributed by atoms with van der Waals surface area (Å²) in [7, 11) is 1.66. The van der Waals surface area contributed by atoms with Crippen molar-refractivity contribution in [3.05, 3.63) is 53.1 Å². The normalized spacial score (nSPS) is 10.3. The fourth-order valence-corrected chi connectivity index (χ4v) is 2.15. The van der Waals surface area contributed by atoms with Crippen molar-refractivity contribution >= 4 is 5.69 Å². The summed E-state index contributed by atoms with van der Waals surface area (Å²) in [6.07, 6.45) is 0. The van der Waals surface area contributed by atoms with Gasteiger partial charge in [0.2, 0.25) is 0 Å². The molecule has 19 heavy (non-hydrogen) atoms. The first kappa shape index (κ1) is 13.3. The van der Waals surface area contributed by atoms with Gasteiger partial charge in [0.15, 0.2) is 0 Å². The van der Waals surface area contributed by atoms with Gasteiger partial charge in [-0.25, -0.2) is 0 Å². The molecular formula is C16H19NO2. The van der Waals surface area contributed by atoms with Crippen LogP contribution in [0.4, 0.5) is 5.69 Å². The van der Waals surface area contributed by atoms with E-state index in [1.807, 2.05) is 38.1 Å². The highest BCUT2D eigenvalue weighted by atomic mass is 16.5. The predicted octanol–water partition coefficient (Wildman–Crippen LogP) is 3.63. The molecule has 0 spiro atoms. The Morgan fingerprint density at radius 1 is 1.05 bits per heavy atom. The molecule has 0 unspecified atom stereocenters. The molecular weight excluding hydrogens is 238 g/mol. The third-order valence-corrected chi connectivity index (χ3v) is 3.15. The predicted molar refractivity (Wildman–Crippen MR) is 77.9 cm³/mol. The van der Waals surface area contributed by atoms with Crippen molar-refractivity contribution in [1.29, 1.82) is 0 Å². The van der Waals surface area contributed by atoms with Crippen LogP contribution in [-0.2, 0) is 6.54 Å². The molecule has 0 atom stereocenters. The van der Waals surface area contributed by atoms with E-state index >= 15 is 0 Å². The third-order valence-electron chi connectivity index (χ3n) is 3.15. The zero-order valence-electron chi connectivity index (χ0n) is 11.5. The molecule has 0 radical (unpaired) electrons. The lowest BCUT2D eigenvalue weighted by molar-refractivity contribution is 0.414. The molecule has 0 aliphatic heterocycles. The highest BCUT2D eigenvalue weighted by Crippen LogP contribution is 2.26. The lowest BCUT2D eigenvalue weighted by atomic mass is 10.1. The maximum atomic E-state index is 9.52. The smallest absolute Gasteiger partial charge is 0.118 e. The van der Waals surface area contributed by atoms with Crippen LogP contribution in [0.3, 0.4) is 0 Å². The van der Waals surface area contributed by atoms with Crippen LogP contribution in [0.1, 0.15) is 16.7 Å². The first-order valence-electron chi connectivity index (χ1n) is 6.27. The Kier molecular flexibility index (Phi) is 3.95. The van der Waals surface area contributed by atoms with Crippen LogP contribution in [-0.4, -0.2) is 12.2 Å². The molecule has 3 nitrogen and oxygen atoms in total. The van der Waals surface area contributed by atoms with Crippen molar-refractivity contribution in [3.63, 3.8) is 0 Å². The molecule has 2 aromatic carbocycles. The number of aryl methyl sites for hydroxylation is 2. The number of benzene rings is 2. The number of aromatic hydroxyl groups is 1. The van der Waals surface area contributed by atoms with Crippen molar-refractivity contribution < 1.29 is 9.84 Å². The number of hydrogen-bond donors (Lipinski definition) is 2. The summed E-state index contributed by atoms with van der Waals surface area (Å²) in [5.41, 5.74) is 4.36. The Morgan fingerprint density at radius 2 is 1.63 bits per heavy atom. The molecule has 0 saturated carbocycles. The number of phenolic OH excluding ortho intramolecular Hbond substituents is 1. The van der Waals surface area contributed by atoms with E-state index in [1.54, 1.807) is 19.2 Å². The van der Waals surface area contributed by atoms with Crippen LogP contribution in [0.25, 0.3) is 0 Å². The number of ether oxygens (including phenoxy) is 1. The molecule has 3 heteroatoms. The van der Waals surface area contributed by atoms with Gasteiger partial charge in [0.25, 0.3) is 0 Å². The van der Waals surface area contributed by atoms with Gasteiger partial charge in [-0.05, 0) is 54.8 Å². The third kappa shape index (κ3) is 3.19. The van der Waals surface area contributed by atoms with Gasteiger partial charge in [0, 0.05) is 12.2 Å². The summed E-state index contributed by atoms with van der Waals surface area (Å²) in [6, 6.07) is 11.5. The van der Waals surface area contributed by atoms with Crippen LogP contribution in [0.2, 0.25) is 0 Å². The van der Waals surface area contributed by atoms with Crippen LogP contribution in [0.5, 0.6) is 11.5 Å². The average Bonchev–Trinajstić information content (AvgIpc) is 2.38. The van der Waals surface area contributed by atoms with Gasteiger partial charge in [-0.2, -0.15) is 0 Å². The largest absolute Gasteiger partial charge is 0.508 e. The fraction of sp³-hybridized carbons (Fsp3) is 0.250. The van der Waals surface area contributed by atoms with E-state index in [1.165, 1.54) is 5.56 Å². The molecule has 0 fully saturated rings. The van der Waals surface area contributed by atoms with Crippen molar-refractivity contribution in [1.82, 2.24) is 0 Å². The number of anilines is 1. The van der Waals surface area contributed by atoms with E-state index in [-0.39, 0.29) is 0 Å². The summed E-state index contributed by atoms with van der Waals surface area (Å²) in [6.45, 7) is 4.72. The van der Waals surface area contributed by atoms with Gasteiger partial charge in [0.05, 0.1) is 7.11 Å². The lowest BCUT2D eigenvalue weighted by Crippen LogP contribution is -2.02. The van der Waals surface area contributed by atoms with E-state index in [0.29, 0.717) is 5.75 Å². The standard InChI is InChI=1S/C16H19NO2/c1-11-8-14(18)9-12(2)16(11)17-10-13-4-6-15(19-3)7-5-13/h4-9,17-18H,10H2,1-3H3. The zero-order chi connectivity index (χ0) is 13.8. The Hall–Kier alpha value is -2.16. The second-order valence-corrected chi connectivity index (χ2v) is 4.66. The molecule has 2 N–H and O–H groups in total. The SMILES string of the molecule is COc1ccc(CNc2c(C)cc(O)cc2C)cc1. The Balaban J connectivity index is 2.10. The Labute approximate surface area is 113 Å². The van der Waals surface area contributed by atoms with E-state index in [9.17, 15) is 5.11 Å². The first-order chi connectivity index (χ1) is 9.10. The molecule has 2 rings (SSSR count). The highest BCUT2D eigenvalue weighted by Gasteiger charge is 2.04. The van der Waals surface area contributed by atoms with Gasteiger partial charge in [0.1, 0.15) is 11.5 Å². The highest BCUT2D eigenvalue weighted by molar-refractivity contribution is 5.59. The average molecular weight is 257 g/mol. The summed E-state index contributed by atoms with van der Waals surface area (Å²) in [5, 5.41) is 12.9. The first-order valence-corrected chi connectivity index (χ1v) is 6.27. The Bertz CT molecular complexity index is 538. The number of rotatable bonds is 4. The molecule has 0 bridgehead atoms. The van der Waals surface area contributed by atoms with Crippen molar-refractivity contribution in [3.8, 4) is 11.5 Å². The minimum atomic E-state index is 0.310. The summed E-state index contributed by atoms with van der Waals surface area (Å²) in [5.74, 6) is 1.17. The molecule has 0 amide bonds. The van der Waals surface area contributed by atoms with E-state index in [4.69, 9.17) is 4.74 Å². The van der Waals surface area contributed by atoms with Crippen molar-refractivity contribution in [2.45, 2.75) is 20.4 Å². The summed E-state index contributed by atoms with van der Waals surface area (Å²) >= 11 is 0. The minimum Gasteiger partial charge on any atom is -0.508 e. The molecule has 100 valence electrons. The summed E-state index contributed by atoms with van der Waals surface area (Å²) < 4.78 is 5.14. The fourth-order valence-electron chi connectivity index (χ4n) is 2.15. The Morgan fingerprint density at radius 3 is 2.16 bits per heavy atom. The van der Waals surface area contributed by atoms with Gasteiger partial charge < -0.3 is 15.2 Å². The maximum Gasteiger partial charge on any atom is 0.118 e. The second-order valence-electron chi connectivity index (χ2n) is 4.66. The van der Waals surface area contributed by atoms with Crippen molar-refractivity contribution in [2.75, 3.05) is 12.4 Å². The number of phenols is 1. The molecule has 0 aliphatic carbocycles. The zero-order valence-corrected chi connectivity index (χ0v) is 11.5. The van der Waals surface area contributed by atoms with Gasteiger partial charge >= 0.3 is 0 Å². The molecule has 0 aliphatic rings. The van der Waals surface area contributed by atoms with Crippen LogP contribution < -0.4 is 10.1 Å². The minimum absolute atomic E-state index is 0.310. The number of hydrogen-bond acceptors (Lipinski definition) is 3. The van der Waals surface area contributed by atoms with Crippen LogP contribution >= 0.6 is 0 Å². The topological polar surface area (TPSA) is 41.5 Å². The molecule has 2 aromatic rings. The monoisotopic (exact) mass is 257 g/mol.